The highest BCUT2D eigenvalue weighted by Crippen LogP contribution is 2.24. The highest BCUT2D eigenvalue weighted by Gasteiger charge is 2.14. The fourth-order valence-electron chi connectivity index (χ4n) is 1.76. The Morgan fingerprint density at radius 1 is 1.10 bits per heavy atom. The summed E-state index contributed by atoms with van der Waals surface area (Å²) in [6.45, 7) is 0. The van der Waals surface area contributed by atoms with Crippen LogP contribution in [0.5, 0.6) is 5.75 Å². The Balaban J connectivity index is 1.94. The number of anilines is 1. The molecule has 3 rings (SSSR count). The molecule has 2 N–H and O–H groups in total. The summed E-state index contributed by atoms with van der Waals surface area (Å²) < 4.78 is 27.8. The van der Waals surface area contributed by atoms with Gasteiger partial charge in [-0.1, -0.05) is 0 Å². The number of phenols is 1. The lowest BCUT2D eigenvalue weighted by Gasteiger charge is -2.08. The van der Waals surface area contributed by atoms with Crippen molar-refractivity contribution in [3.8, 4) is 5.75 Å². The molecule has 0 amide bonds. The van der Waals surface area contributed by atoms with Gasteiger partial charge in [-0.25, -0.2) is 13.4 Å². The quantitative estimate of drug-likeness (QED) is 0.780. The maximum absolute atomic E-state index is 12.2. The number of phenolic OH excluding ortho intramolecular Hbond substituents is 1. The SMILES string of the molecule is O=S(=O)(Nc1ccc2ncsc2c1)c1ccc(O)cc1. The first-order valence-electron chi connectivity index (χ1n) is 5.70. The van der Waals surface area contributed by atoms with Crippen LogP contribution < -0.4 is 4.72 Å². The second-order valence-corrected chi connectivity index (χ2v) is 6.70. The number of fused-ring (bicyclic) bond motifs is 1. The maximum Gasteiger partial charge on any atom is 0.261 e. The summed E-state index contributed by atoms with van der Waals surface area (Å²) >= 11 is 1.45. The summed E-state index contributed by atoms with van der Waals surface area (Å²) in [6.07, 6.45) is 0. The van der Waals surface area contributed by atoms with Crippen molar-refractivity contribution >= 4 is 37.3 Å². The Morgan fingerprint density at radius 3 is 2.60 bits per heavy atom. The van der Waals surface area contributed by atoms with Crippen molar-refractivity contribution in [2.24, 2.45) is 0 Å². The Kier molecular flexibility index (Phi) is 3.07. The molecule has 1 heterocycles. The normalized spacial score (nSPS) is 11.6. The number of aromatic hydroxyl groups is 1. The van der Waals surface area contributed by atoms with Gasteiger partial charge in [0.1, 0.15) is 5.75 Å². The minimum atomic E-state index is -3.66. The van der Waals surface area contributed by atoms with Gasteiger partial charge in [0, 0.05) is 0 Å². The number of sulfonamides is 1. The number of nitrogens with one attached hydrogen (secondary N) is 1. The molecule has 5 nitrogen and oxygen atoms in total. The molecule has 20 heavy (non-hydrogen) atoms. The molecule has 1 aromatic heterocycles. The highest BCUT2D eigenvalue weighted by molar-refractivity contribution is 7.92. The van der Waals surface area contributed by atoms with Crippen LogP contribution in [0.25, 0.3) is 10.2 Å². The predicted octanol–water partition coefficient (Wildman–Crippen LogP) is 2.80. The van der Waals surface area contributed by atoms with E-state index in [4.69, 9.17) is 0 Å². The van der Waals surface area contributed by atoms with Crippen molar-refractivity contribution in [3.05, 3.63) is 48.0 Å². The molecule has 0 spiro atoms. The summed E-state index contributed by atoms with van der Waals surface area (Å²) in [5.41, 5.74) is 3.03. The minimum absolute atomic E-state index is 0.0232. The van der Waals surface area contributed by atoms with E-state index in [2.05, 4.69) is 9.71 Å². The Bertz CT molecular complexity index is 855. The van der Waals surface area contributed by atoms with Gasteiger partial charge in [-0.15, -0.1) is 11.3 Å². The van der Waals surface area contributed by atoms with Gasteiger partial charge in [0.2, 0.25) is 0 Å². The fourth-order valence-corrected chi connectivity index (χ4v) is 3.52. The van der Waals surface area contributed by atoms with Gasteiger partial charge in [0.25, 0.3) is 10.0 Å². The first kappa shape index (κ1) is 12.9. The Labute approximate surface area is 119 Å². The third-order valence-electron chi connectivity index (χ3n) is 2.73. The smallest absolute Gasteiger partial charge is 0.261 e. The van der Waals surface area contributed by atoms with E-state index >= 15 is 0 Å². The lowest BCUT2D eigenvalue weighted by atomic mass is 10.3. The van der Waals surface area contributed by atoms with E-state index in [0.717, 1.165) is 10.2 Å². The van der Waals surface area contributed by atoms with Crippen LogP contribution in [-0.2, 0) is 10.0 Å². The number of aromatic nitrogens is 1. The molecular formula is C13H10N2O3S2. The molecule has 0 atom stereocenters. The lowest BCUT2D eigenvalue weighted by molar-refractivity contribution is 0.475. The molecule has 0 saturated heterocycles. The first-order chi connectivity index (χ1) is 9.54. The zero-order valence-electron chi connectivity index (χ0n) is 10.1. The molecule has 0 aliphatic heterocycles. The van der Waals surface area contributed by atoms with Gasteiger partial charge in [-0.3, -0.25) is 4.72 Å². The van der Waals surface area contributed by atoms with Crippen LogP contribution in [0, 0.1) is 0 Å². The molecule has 3 aromatic rings. The van der Waals surface area contributed by atoms with E-state index in [1.165, 1.54) is 35.6 Å². The first-order valence-corrected chi connectivity index (χ1v) is 8.06. The number of rotatable bonds is 3. The third kappa shape index (κ3) is 2.45. The monoisotopic (exact) mass is 306 g/mol. The summed E-state index contributed by atoms with van der Waals surface area (Å²) in [6, 6.07) is 10.5. The van der Waals surface area contributed by atoms with Crippen molar-refractivity contribution in [1.29, 1.82) is 0 Å². The van der Waals surface area contributed by atoms with Gasteiger partial charge < -0.3 is 5.11 Å². The number of thiazole rings is 1. The number of benzene rings is 2. The summed E-state index contributed by atoms with van der Waals surface area (Å²) in [4.78, 5) is 4.23. The topological polar surface area (TPSA) is 79.3 Å². The molecule has 0 aliphatic carbocycles. The van der Waals surface area contributed by atoms with Crippen LogP contribution in [-0.4, -0.2) is 18.5 Å². The van der Waals surface area contributed by atoms with Gasteiger partial charge in [-0.05, 0) is 42.5 Å². The molecule has 7 heteroatoms. The average Bonchev–Trinajstić information content (AvgIpc) is 2.86. The summed E-state index contributed by atoms with van der Waals surface area (Å²) in [5, 5.41) is 9.19. The van der Waals surface area contributed by atoms with Crippen molar-refractivity contribution in [2.45, 2.75) is 4.90 Å². The summed E-state index contributed by atoms with van der Waals surface area (Å²) in [7, 11) is -3.66. The molecule has 102 valence electrons. The number of hydrogen-bond acceptors (Lipinski definition) is 5. The van der Waals surface area contributed by atoms with Crippen molar-refractivity contribution < 1.29 is 13.5 Å². The standard InChI is InChI=1S/C13H10N2O3S2/c16-10-2-4-11(5-3-10)20(17,18)15-9-1-6-12-13(7-9)19-8-14-12/h1-8,15-16H. The van der Waals surface area contributed by atoms with Gasteiger partial charge in [0.15, 0.2) is 0 Å². The van der Waals surface area contributed by atoms with Crippen molar-refractivity contribution in [3.63, 3.8) is 0 Å². The second kappa shape index (κ2) is 4.77. The second-order valence-electron chi connectivity index (χ2n) is 4.13. The van der Waals surface area contributed by atoms with E-state index < -0.39 is 10.0 Å². The van der Waals surface area contributed by atoms with Gasteiger partial charge >= 0.3 is 0 Å². The average molecular weight is 306 g/mol. The third-order valence-corrected chi connectivity index (χ3v) is 4.92. The molecular weight excluding hydrogens is 296 g/mol. The van der Waals surface area contributed by atoms with E-state index in [0.29, 0.717) is 5.69 Å². The largest absolute Gasteiger partial charge is 0.508 e. The van der Waals surface area contributed by atoms with Crippen molar-refractivity contribution in [2.75, 3.05) is 4.72 Å². The van der Waals surface area contributed by atoms with Crippen LogP contribution in [0.4, 0.5) is 5.69 Å². The highest BCUT2D eigenvalue weighted by atomic mass is 32.2. The van der Waals surface area contributed by atoms with E-state index in [9.17, 15) is 13.5 Å². The molecule has 0 unspecified atom stereocenters. The summed E-state index contributed by atoms with van der Waals surface area (Å²) in [5.74, 6) is 0.0232. The molecule has 0 aliphatic rings. The van der Waals surface area contributed by atoms with E-state index in [1.807, 2.05) is 0 Å². The number of hydrogen-bond donors (Lipinski definition) is 2. The van der Waals surface area contributed by atoms with Gasteiger partial charge in [-0.2, -0.15) is 0 Å². The van der Waals surface area contributed by atoms with Crippen LogP contribution >= 0.6 is 11.3 Å². The zero-order chi connectivity index (χ0) is 14.2. The van der Waals surface area contributed by atoms with Crippen molar-refractivity contribution in [1.82, 2.24) is 4.98 Å². The van der Waals surface area contributed by atoms with Crippen LogP contribution in [0.15, 0.2) is 52.9 Å². The molecule has 0 bridgehead atoms. The maximum atomic E-state index is 12.2. The van der Waals surface area contributed by atoms with E-state index in [-0.39, 0.29) is 10.6 Å². The van der Waals surface area contributed by atoms with Gasteiger partial charge in [0.05, 0.1) is 26.3 Å². The number of nitrogens with zero attached hydrogens (tertiary/aromatic N) is 1. The predicted molar refractivity (Wildman–Crippen MR) is 78.5 cm³/mol. The fraction of sp³-hybridized carbons (Fsp3) is 0. The lowest BCUT2D eigenvalue weighted by Crippen LogP contribution is -2.12. The molecule has 2 aromatic carbocycles. The molecule has 0 fully saturated rings. The van der Waals surface area contributed by atoms with Crippen LogP contribution in [0.1, 0.15) is 0 Å². The van der Waals surface area contributed by atoms with Crippen LogP contribution in [0.3, 0.4) is 0 Å². The Hall–Kier alpha value is -2.12. The van der Waals surface area contributed by atoms with Crippen LogP contribution in [0.2, 0.25) is 0 Å². The molecule has 0 saturated carbocycles. The molecule has 0 radical (unpaired) electrons. The Morgan fingerprint density at radius 2 is 1.85 bits per heavy atom. The zero-order valence-corrected chi connectivity index (χ0v) is 11.8. The van der Waals surface area contributed by atoms with E-state index in [1.54, 1.807) is 23.7 Å². The minimum Gasteiger partial charge on any atom is -0.508 e.